The Morgan fingerprint density at radius 3 is 2.87 bits per heavy atom. The molecule has 0 saturated carbocycles. The van der Waals surface area contributed by atoms with Crippen molar-refractivity contribution in [2.45, 2.75) is 12.5 Å². The number of carbonyl (C=O) groups excluding carboxylic acids is 1. The van der Waals surface area contributed by atoms with Gasteiger partial charge in [0.05, 0.1) is 12.2 Å². The number of phenols is 1. The van der Waals surface area contributed by atoms with Gasteiger partial charge in [-0.2, -0.15) is 0 Å². The normalized spacial score (nSPS) is 16.4. The van der Waals surface area contributed by atoms with Crippen molar-refractivity contribution in [1.29, 1.82) is 0 Å². The van der Waals surface area contributed by atoms with Gasteiger partial charge in [0.2, 0.25) is 0 Å². The second-order valence-electron chi connectivity index (χ2n) is 5.22. The number of terminal acetylenes is 1. The van der Waals surface area contributed by atoms with Crippen molar-refractivity contribution in [3.63, 3.8) is 0 Å². The number of fused-ring (bicyclic) bond motifs is 1. The van der Waals surface area contributed by atoms with Crippen LogP contribution in [0.15, 0.2) is 42.5 Å². The van der Waals surface area contributed by atoms with Crippen molar-refractivity contribution in [2.75, 3.05) is 11.4 Å². The van der Waals surface area contributed by atoms with Crippen LogP contribution in [-0.2, 0) is 11.2 Å². The van der Waals surface area contributed by atoms with E-state index in [0.717, 1.165) is 5.56 Å². The Bertz CT molecular complexity index is 797. The Balaban J connectivity index is 1.93. The van der Waals surface area contributed by atoms with Gasteiger partial charge in [-0.1, -0.05) is 29.7 Å². The largest absolute Gasteiger partial charge is 0.508 e. The summed E-state index contributed by atoms with van der Waals surface area (Å²) in [6, 6.07) is 11.9. The second-order valence-corrected chi connectivity index (χ2v) is 5.66. The summed E-state index contributed by atoms with van der Waals surface area (Å²) >= 11 is 5.98. The highest BCUT2D eigenvalue weighted by molar-refractivity contribution is 6.30. The zero-order chi connectivity index (χ0) is 16.4. The molecule has 0 radical (unpaired) electrons. The third kappa shape index (κ3) is 3.10. The maximum atomic E-state index is 12.7. The van der Waals surface area contributed by atoms with Crippen molar-refractivity contribution in [3.8, 4) is 23.8 Å². The average molecular weight is 328 g/mol. The minimum Gasteiger partial charge on any atom is -0.508 e. The summed E-state index contributed by atoms with van der Waals surface area (Å²) in [6.45, 7) is 0.145. The molecule has 0 bridgehead atoms. The van der Waals surface area contributed by atoms with Crippen LogP contribution in [0, 0.1) is 12.3 Å². The van der Waals surface area contributed by atoms with E-state index in [1.165, 1.54) is 17.0 Å². The molecule has 1 atom stereocenters. The third-order valence-corrected chi connectivity index (χ3v) is 3.84. The molecule has 1 aliphatic heterocycles. The Labute approximate surface area is 139 Å². The quantitative estimate of drug-likeness (QED) is 0.882. The zero-order valence-corrected chi connectivity index (χ0v) is 13.0. The molecule has 5 heteroatoms. The number of hydrogen-bond donors (Lipinski definition) is 1. The number of anilines is 1. The number of nitrogens with zero attached hydrogens (tertiary/aromatic N) is 1. The summed E-state index contributed by atoms with van der Waals surface area (Å²) in [5.41, 5.74) is 1.45. The fourth-order valence-electron chi connectivity index (χ4n) is 2.58. The first-order chi connectivity index (χ1) is 11.1. The van der Waals surface area contributed by atoms with E-state index in [0.29, 0.717) is 22.9 Å². The van der Waals surface area contributed by atoms with Crippen LogP contribution in [0.5, 0.6) is 11.5 Å². The monoisotopic (exact) mass is 327 g/mol. The molecule has 3 rings (SSSR count). The summed E-state index contributed by atoms with van der Waals surface area (Å²) < 4.78 is 5.78. The molecule has 4 nitrogen and oxygen atoms in total. The van der Waals surface area contributed by atoms with Crippen LogP contribution in [-0.4, -0.2) is 23.7 Å². The molecule has 0 aromatic heterocycles. The second kappa shape index (κ2) is 6.23. The molecular weight excluding hydrogens is 314 g/mol. The maximum Gasteiger partial charge on any atom is 0.269 e. The molecule has 23 heavy (non-hydrogen) atoms. The first-order valence-electron chi connectivity index (χ1n) is 7.07. The molecule has 1 amide bonds. The lowest BCUT2D eigenvalue weighted by atomic mass is 10.0. The summed E-state index contributed by atoms with van der Waals surface area (Å²) in [4.78, 5) is 14.2. The van der Waals surface area contributed by atoms with Gasteiger partial charge in [0.15, 0.2) is 6.10 Å². The fraction of sp³-hybridized carbons (Fsp3) is 0.167. The Morgan fingerprint density at radius 1 is 1.30 bits per heavy atom. The highest BCUT2D eigenvalue weighted by Gasteiger charge is 2.34. The van der Waals surface area contributed by atoms with Gasteiger partial charge in [0.1, 0.15) is 11.5 Å². The van der Waals surface area contributed by atoms with Gasteiger partial charge >= 0.3 is 0 Å². The van der Waals surface area contributed by atoms with Crippen LogP contribution in [0.25, 0.3) is 0 Å². The standard InChI is InChI=1S/C18H14ClNO3/c1-2-8-20-15-7-6-14(21)11-16(15)23-17(18(20)22)10-12-4-3-5-13(19)9-12/h1,3-7,9,11,17,21H,8,10H2. The zero-order valence-electron chi connectivity index (χ0n) is 12.2. The Morgan fingerprint density at radius 2 is 2.13 bits per heavy atom. The number of amides is 1. The van der Waals surface area contributed by atoms with Crippen molar-refractivity contribution >= 4 is 23.2 Å². The lowest BCUT2D eigenvalue weighted by Gasteiger charge is -2.33. The lowest BCUT2D eigenvalue weighted by Crippen LogP contribution is -2.47. The lowest BCUT2D eigenvalue weighted by molar-refractivity contribution is -0.126. The van der Waals surface area contributed by atoms with Gasteiger partial charge in [0.25, 0.3) is 5.91 Å². The van der Waals surface area contributed by atoms with E-state index < -0.39 is 6.10 Å². The predicted octanol–water partition coefficient (Wildman–Crippen LogP) is 3.02. The molecular formula is C18H14ClNO3. The average Bonchev–Trinajstić information content (AvgIpc) is 2.51. The van der Waals surface area contributed by atoms with Crippen LogP contribution in [0.4, 0.5) is 5.69 Å². The Kier molecular flexibility index (Phi) is 4.14. The van der Waals surface area contributed by atoms with Gasteiger partial charge in [-0.05, 0) is 29.8 Å². The van der Waals surface area contributed by atoms with E-state index in [2.05, 4.69) is 5.92 Å². The molecule has 0 saturated heterocycles. The van der Waals surface area contributed by atoms with Crippen LogP contribution < -0.4 is 9.64 Å². The smallest absolute Gasteiger partial charge is 0.269 e. The number of ether oxygens (including phenoxy) is 1. The van der Waals surface area contributed by atoms with Gasteiger partial charge in [-0.3, -0.25) is 9.69 Å². The topological polar surface area (TPSA) is 49.8 Å². The molecule has 1 unspecified atom stereocenters. The number of benzene rings is 2. The molecule has 0 aliphatic carbocycles. The van der Waals surface area contributed by atoms with E-state index >= 15 is 0 Å². The van der Waals surface area contributed by atoms with E-state index in [1.54, 1.807) is 18.2 Å². The maximum absolute atomic E-state index is 12.7. The minimum absolute atomic E-state index is 0.0697. The molecule has 1 aliphatic rings. The van der Waals surface area contributed by atoms with Gasteiger partial charge in [-0.25, -0.2) is 0 Å². The number of halogens is 1. The van der Waals surface area contributed by atoms with E-state index in [1.807, 2.05) is 12.1 Å². The van der Waals surface area contributed by atoms with Crippen molar-refractivity contribution in [3.05, 3.63) is 53.1 Å². The predicted molar refractivity (Wildman–Crippen MR) is 88.9 cm³/mol. The first kappa shape index (κ1) is 15.3. The van der Waals surface area contributed by atoms with Crippen LogP contribution in [0.3, 0.4) is 0 Å². The number of rotatable bonds is 3. The number of aromatic hydroxyl groups is 1. The summed E-state index contributed by atoms with van der Waals surface area (Å²) in [5, 5.41) is 10.2. The molecule has 0 fully saturated rings. The SMILES string of the molecule is C#CCN1C(=O)C(Cc2cccc(Cl)c2)Oc2cc(O)ccc21. The van der Waals surface area contributed by atoms with Crippen LogP contribution in [0.2, 0.25) is 5.02 Å². The summed E-state index contributed by atoms with van der Waals surface area (Å²) in [7, 11) is 0. The van der Waals surface area contributed by atoms with Gasteiger partial charge < -0.3 is 9.84 Å². The van der Waals surface area contributed by atoms with Crippen molar-refractivity contribution in [2.24, 2.45) is 0 Å². The van der Waals surface area contributed by atoms with Gasteiger partial charge in [0, 0.05) is 17.5 Å². The summed E-state index contributed by atoms with van der Waals surface area (Å²) in [6.07, 6.45) is 5.03. The highest BCUT2D eigenvalue weighted by Crippen LogP contribution is 2.37. The fourth-order valence-corrected chi connectivity index (χ4v) is 2.79. The minimum atomic E-state index is -0.712. The van der Waals surface area contributed by atoms with Crippen LogP contribution >= 0.6 is 11.6 Å². The molecule has 2 aromatic rings. The van der Waals surface area contributed by atoms with Crippen molar-refractivity contribution < 1.29 is 14.6 Å². The molecule has 116 valence electrons. The molecule has 1 heterocycles. The number of phenolic OH excluding ortho intramolecular Hbond substituents is 1. The summed E-state index contributed by atoms with van der Waals surface area (Å²) in [5.74, 6) is 2.78. The third-order valence-electron chi connectivity index (χ3n) is 3.60. The van der Waals surface area contributed by atoms with Crippen molar-refractivity contribution in [1.82, 2.24) is 0 Å². The number of hydrogen-bond acceptors (Lipinski definition) is 3. The first-order valence-corrected chi connectivity index (χ1v) is 7.45. The van der Waals surface area contributed by atoms with E-state index in [4.69, 9.17) is 22.8 Å². The number of carbonyl (C=O) groups is 1. The molecule has 1 N–H and O–H groups in total. The Hall–Kier alpha value is -2.64. The van der Waals surface area contributed by atoms with Crippen LogP contribution in [0.1, 0.15) is 5.56 Å². The highest BCUT2D eigenvalue weighted by atomic mass is 35.5. The van der Waals surface area contributed by atoms with E-state index in [-0.39, 0.29) is 18.2 Å². The van der Waals surface area contributed by atoms with E-state index in [9.17, 15) is 9.90 Å². The molecule has 2 aromatic carbocycles. The van der Waals surface area contributed by atoms with Gasteiger partial charge in [-0.15, -0.1) is 6.42 Å². The molecule has 0 spiro atoms.